The molecule has 0 spiro atoms. The average molecular weight is 750 g/mol. The van der Waals surface area contributed by atoms with E-state index in [0.717, 1.165) is 19.6 Å². The Morgan fingerprint density at radius 1 is 0.660 bits per heavy atom. The quantitative estimate of drug-likeness (QED) is 0.261. The summed E-state index contributed by atoms with van der Waals surface area (Å²) in [6.45, 7) is 27.7. The van der Waals surface area contributed by atoms with Gasteiger partial charge >= 0.3 is 11.9 Å². The van der Waals surface area contributed by atoms with Crippen LogP contribution in [0.15, 0.2) is 0 Å². The van der Waals surface area contributed by atoms with Crippen LogP contribution in [0.25, 0.3) is 0 Å². The van der Waals surface area contributed by atoms with Gasteiger partial charge in [0.1, 0.15) is 18.1 Å². The molecular formula is C31H67ClN5O7P3. The number of rotatable bonds is 5. The summed E-state index contributed by atoms with van der Waals surface area (Å²) in [7, 11) is 14.1. The van der Waals surface area contributed by atoms with E-state index >= 15 is 0 Å². The third-order valence-corrected chi connectivity index (χ3v) is 12.9. The fourth-order valence-electron chi connectivity index (χ4n) is 6.22. The molecule has 3 rings (SSSR count). The molecule has 47 heavy (non-hydrogen) atoms. The van der Waals surface area contributed by atoms with Crippen LogP contribution >= 0.6 is 40.6 Å². The van der Waals surface area contributed by atoms with E-state index in [-0.39, 0.29) is 56.8 Å². The number of hydrogen-bond donors (Lipinski definition) is 3. The number of amides is 1. The number of hydroxylamine groups is 3. The van der Waals surface area contributed by atoms with Gasteiger partial charge in [-0.15, -0.1) is 12.4 Å². The van der Waals surface area contributed by atoms with Crippen molar-refractivity contribution >= 4 is 58.4 Å². The molecule has 6 atom stereocenters. The van der Waals surface area contributed by atoms with Crippen molar-refractivity contribution in [2.24, 2.45) is 32.5 Å². The van der Waals surface area contributed by atoms with Crippen molar-refractivity contribution in [1.82, 2.24) is 24.6 Å². The summed E-state index contributed by atoms with van der Waals surface area (Å²) < 4.78 is 5.74. The zero-order chi connectivity index (χ0) is 37.0. The summed E-state index contributed by atoms with van der Waals surface area (Å²) >= 11 is 0. The van der Waals surface area contributed by atoms with Crippen molar-refractivity contribution in [2.45, 2.75) is 101 Å². The van der Waals surface area contributed by atoms with Crippen LogP contribution < -0.4 is 5.48 Å². The Labute approximate surface area is 298 Å². The van der Waals surface area contributed by atoms with Crippen LogP contribution in [0.5, 0.6) is 0 Å². The summed E-state index contributed by atoms with van der Waals surface area (Å²) in [4.78, 5) is 43.6. The van der Waals surface area contributed by atoms with Crippen LogP contribution in [0.2, 0.25) is 0 Å². The molecule has 3 unspecified atom stereocenters. The highest BCUT2D eigenvalue weighted by Crippen LogP contribution is 2.53. The normalized spacial score (nSPS) is 27.9. The Morgan fingerprint density at radius 2 is 0.894 bits per heavy atom. The fraction of sp³-hybridized carbons (Fsp3) is 0.903. The SMILES string of the molecule is CC1(C)CN(P)[C@H](C(=O)O)C1(C)C.CC1(C)CN(P)[C@H](C(=O)O)C1(C)C.CNOC.CON(C)C(=O)[C@H]1N(P)CC(C)(C)C1(C)C.Cl. The van der Waals surface area contributed by atoms with Gasteiger partial charge in [0, 0.05) is 33.7 Å². The second-order valence-corrected chi connectivity index (χ2v) is 18.1. The van der Waals surface area contributed by atoms with Crippen LogP contribution in [0, 0.1) is 32.5 Å². The molecule has 0 aromatic heterocycles. The number of halogens is 1. The summed E-state index contributed by atoms with van der Waals surface area (Å²) in [6.07, 6.45) is 0. The fourth-order valence-corrected chi connectivity index (χ4v) is 9.09. The smallest absolute Gasteiger partial charge is 0.321 e. The van der Waals surface area contributed by atoms with E-state index in [0.29, 0.717) is 0 Å². The van der Waals surface area contributed by atoms with E-state index in [1.54, 1.807) is 21.2 Å². The third-order valence-electron chi connectivity index (χ3n) is 11.5. The maximum atomic E-state index is 12.2. The summed E-state index contributed by atoms with van der Waals surface area (Å²) in [6, 6.07) is -0.947. The van der Waals surface area contributed by atoms with Gasteiger partial charge in [0.05, 0.1) is 14.2 Å². The molecule has 1 amide bonds. The van der Waals surface area contributed by atoms with Crippen molar-refractivity contribution in [1.29, 1.82) is 0 Å². The van der Waals surface area contributed by atoms with Crippen LogP contribution in [0.4, 0.5) is 0 Å². The number of likely N-dealkylation sites (N-methyl/N-ethyl adjacent to an activating group) is 1. The number of nitrogens with zero attached hydrogens (tertiary/aromatic N) is 4. The van der Waals surface area contributed by atoms with Gasteiger partial charge in [-0.05, 0) is 32.5 Å². The molecule has 0 aliphatic carbocycles. The largest absolute Gasteiger partial charge is 0.480 e. The number of nitrogens with one attached hydrogen (secondary N) is 1. The van der Waals surface area contributed by atoms with E-state index in [1.807, 2.05) is 41.7 Å². The first-order chi connectivity index (χ1) is 20.5. The van der Waals surface area contributed by atoms with E-state index < -0.39 is 24.0 Å². The third kappa shape index (κ3) is 10.6. The minimum absolute atomic E-state index is 0. The molecule has 0 aromatic rings. The molecule has 12 nitrogen and oxygen atoms in total. The number of carbonyl (C=O) groups excluding carboxylic acids is 1. The zero-order valence-electron chi connectivity index (χ0n) is 31.7. The van der Waals surface area contributed by atoms with Crippen molar-refractivity contribution in [2.75, 3.05) is 47.9 Å². The predicted octanol–water partition coefficient (Wildman–Crippen LogP) is 4.92. The van der Waals surface area contributed by atoms with E-state index in [2.05, 4.69) is 93.9 Å². The maximum Gasteiger partial charge on any atom is 0.321 e. The lowest BCUT2D eigenvalue weighted by Gasteiger charge is -2.38. The van der Waals surface area contributed by atoms with E-state index in [9.17, 15) is 14.4 Å². The number of carboxylic acids is 2. The molecule has 3 aliphatic rings. The lowest BCUT2D eigenvalue weighted by atomic mass is 9.67. The van der Waals surface area contributed by atoms with Gasteiger partial charge in [0.15, 0.2) is 0 Å². The van der Waals surface area contributed by atoms with E-state index in [1.165, 1.54) is 12.2 Å². The van der Waals surface area contributed by atoms with Gasteiger partial charge in [-0.1, -0.05) is 111 Å². The molecule has 0 bridgehead atoms. The first-order valence-electron chi connectivity index (χ1n) is 15.5. The van der Waals surface area contributed by atoms with Crippen molar-refractivity contribution in [3.63, 3.8) is 0 Å². The highest BCUT2D eigenvalue weighted by atomic mass is 35.5. The van der Waals surface area contributed by atoms with Crippen LogP contribution in [0.1, 0.15) is 83.1 Å². The highest BCUT2D eigenvalue weighted by Gasteiger charge is 2.57. The molecule has 280 valence electrons. The minimum atomic E-state index is -0.731. The highest BCUT2D eigenvalue weighted by molar-refractivity contribution is 7.13. The van der Waals surface area contributed by atoms with Gasteiger partial charge in [-0.25, -0.2) is 10.5 Å². The second kappa shape index (κ2) is 17.8. The van der Waals surface area contributed by atoms with E-state index in [4.69, 9.17) is 15.1 Å². The van der Waals surface area contributed by atoms with Crippen molar-refractivity contribution < 1.29 is 34.3 Å². The Bertz CT molecular complexity index is 1010. The average Bonchev–Trinajstić information content (AvgIpc) is 3.23. The van der Waals surface area contributed by atoms with Crippen LogP contribution in [0.3, 0.4) is 0 Å². The number of carboxylic acid groups (broad SMARTS) is 2. The van der Waals surface area contributed by atoms with Gasteiger partial charge in [0.25, 0.3) is 5.91 Å². The Kier molecular flexibility index (Phi) is 18.5. The molecule has 3 heterocycles. The molecule has 3 aliphatic heterocycles. The predicted molar refractivity (Wildman–Crippen MR) is 202 cm³/mol. The molecule has 0 radical (unpaired) electrons. The number of aliphatic carboxylic acids is 2. The summed E-state index contributed by atoms with van der Waals surface area (Å²) in [5.74, 6) is -1.45. The Morgan fingerprint density at radius 3 is 1.02 bits per heavy atom. The number of carbonyl (C=O) groups is 3. The standard InChI is InChI=1S/C11H23N2O2P.2C9H18NO2P.C2H7NO.ClH/c1-10(2)7-13(16)8(11(10,3)4)9(14)12(5)15-6;2*1-8(2)5-10(13)6(7(11)12)9(8,3)4;1-3-4-2;/h8H,7,16H2,1-6H3;2*6H,5,13H2,1-4H3,(H,11,12);3H,1-2H3;1H/t8-;2*6-;;/m111../s1. The lowest BCUT2D eigenvalue weighted by Crippen LogP contribution is -2.48. The van der Waals surface area contributed by atoms with Gasteiger partial charge in [0.2, 0.25) is 0 Å². The zero-order valence-corrected chi connectivity index (χ0v) is 36.0. The Balaban J connectivity index is 0. The van der Waals surface area contributed by atoms with Gasteiger partial charge in [-0.2, -0.15) is 0 Å². The van der Waals surface area contributed by atoms with Crippen molar-refractivity contribution in [3.8, 4) is 0 Å². The summed E-state index contributed by atoms with van der Waals surface area (Å²) in [5, 5.41) is 19.5. The Hall–Kier alpha value is -0.250. The van der Waals surface area contributed by atoms with Crippen molar-refractivity contribution in [3.05, 3.63) is 0 Å². The molecule has 3 fully saturated rings. The monoisotopic (exact) mass is 749 g/mol. The molecular weight excluding hydrogens is 683 g/mol. The molecule has 3 N–H and O–H groups in total. The molecule has 0 aromatic carbocycles. The topological polar surface area (TPSA) is 135 Å². The summed E-state index contributed by atoms with van der Waals surface area (Å²) in [5.41, 5.74) is 2.14. The van der Waals surface area contributed by atoms with Crippen LogP contribution in [-0.2, 0) is 24.1 Å². The van der Waals surface area contributed by atoms with Gasteiger partial charge < -0.3 is 15.1 Å². The number of hydrogen-bond acceptors (Lipinski definition) is 9. The second-order valence-electron chi connectivity index (χ2n) is 16.1. The molecule has 0 saturated carbocycles. The van der Waals surface area contributed by atoms with Gasteiger partial charge in [-0.3, -0.25) is 33.2 Å². The molecule has 16 heteroatoms. The first-order valence-corrected chi connectivity index (χ1v) is 17.0. The van der Waals surface area contributed by atoms with Crippen LogP contribution in [-0.4, -0.2) is 113 Å². The maximum absolute atomic E-state index is 12.2. The minimum Gasteiger partial charge on any atom is -0.480 e. The molecule has 3 saturated heterocycles. The lowest BCUT2D eigenvalue weighted by molar-refractivity contribution is -0.175. The first kappa shape index (κ1) is 48.9.